The van der Waals surface area contributed by atoms with Gasteiger partial charge in [-0.3, -0.25) is 4.79 Å². The van der Waals surface area contributed by atoms with E-state index < -0.39 is 23.4 Å². The number of likely N-dealkylation sites (N-methyl/N-ethyl adjacent to an activating group) is 1. The number of hydrogen-bond donors (Lipinski definition) is 0. The lowest BCUT2D eigenvalue weighted by atomic mass is 9.96. The van der Waals surface area contributed by atoms with Crippen molar-refractivity contribution in [2.45, 2.75) is 44.8 Å². The molecule has 0 bridgehead atoms. The average molecular weight is 605 g/mol. The molecular weight excluding hydrogens is 569 g/mol. The van der Waals surface area contributed by atoms with Gasteiger partial charge in [0.2, 0.25) is 5.88 Å². The van der Waals surface area contributed by atoms with Crippen LogP contribution in [0.15, 0.2) is 42.7 Å². The van der Waals surface area contributed by atoms with Crippen LogP contribution < -0.4 is 14.5 Å². The summed E-state index contributed by atoms with van der Waals surface area (Å²) in [7, 11) is 2.06. The van der Waals surface area contributed by atoms with Gasteiger partial charge in [-0.25, -0.2) is 18.2 Å². The van der Waals surface area contributed by atoms with Crippen molar-refractivity contribution < 1.29 is 22.7 Å². The zero-order chi connectivity index (χ0) is 31.1. The number of piperazine rings is 1. The Bertz CT molecular complexity index is 1670. The zero-order valence-electron chi connectivity index (χ0n) is 25.0. The van der Waals surface area contributed by atoms with Gasteiger partial charge in [0.15, 0.2) is 17.5 Å². The first-order valence-corrected chi connectivity index (χ1v) is 15.0. The van der Waals surface area contributed by atoms with Crippen LogP contribution >= 0.6 is 0 Å². The number of fused-ring (bicyclic) bond motifs is 2. The van der Waals surface area contributed by atoms with Gasteiger partial charge in [0.05, 0.1) is 17.9 Å². The van der Waals surface area contributed by atoms with E-state index >= 15 is 0 Å². The largest absolute Gasteiger partial charge is 0.475 e. The Morgan fingerprint density at radius 1 is 1.16 bits per heavy atom. The Labute approximate surface area is 254 Å². The minimum atomic E-state index is -0.993. The first-order valence-electron chi connectivity index (χ1n) is 15.0. The number of ether oxygens (including phenoxy) is 1. The number of anilines is 2. The number of rotatable bonds is 6. The molecule has 0 unspecified atom stereocenters. The molecule has 11 heteroatoms. The summed E-state index contributed by atoms with van der Waals surface area (Å²) in [5.41, 5.74) is 3.51. The lowest BCUT2D eigenvalue weighted by Crippen LogP contribution is -2.54. The van der Waals surface area contributed by atoms with Gasteiger partial charge in [-0.1, -0.05) is 18.7 Å². The molecule has 1 aromatic heterocycles. The molecule has 0 aliphatic carbocycles. The van der Waals surface area contributed by atoms with E-state index in [0.717, 1.165) is 42.0 Å². The molecule has 0 spiro atoms. The quantitative estimate of drug-likeness (QED) is 0.369. The van der Waals surface area contributed by atoms with Crippen molar-refractivity contribution in [1.29, 1.82) is 5.26 Å². The Morgan fingerprint density at radius 3 is 2.66 bits per heavy atom. The molecule has 230 valence electrons. The molecule has 3 aliphatic heterocycles. The van der Waals surface area contributed by atoms with Crippen molar-refractivity contribution in [2.24, 2.45) is 0 Å². The van der Waals surface area contributed by atoms with Crippen LogP contribution in [0.2, 0.25) is 0 Å². The third-order valence-corrected chi connectivity index (χ3v) is 9.17. The minimum absolute atomic E-state index is 0.216. The second-order valence-corrected chi connectivity index (χ2v) is 11.9. The molecule has 0 saturated carbocycles. The van der Waals surface area contributed by atoms with E-state index in [1.54, 1.807) is 6.07 Å². The molecule has 1 amide bonds. The lowest BCUT2D eigenvalue weighted by molar-refractivity contribution is -0.131. The molecule has 0 radical (unpaired) electrons. The predicted octanol–water partition coefficient (Wildman–Crippen LogP) is 4.94. The van der Waals surface area contributed by atoms with Gasteiger partial charge in [-0.05, 0) is 63.4 Å². The number of nitrogens with zero attached hydrogens (tertiary/aromatic N) is 6. The molecule has 2 fully saturated rings. The molecule has 2 atom stereocenters. The van der Waals surface area contributed by atoms with E-state index in [-0.39, 0.29) is 24.5 Å². The maximum absolute atomic E-state index is 14.3. The van der Waals surface area contributed by atoms with Crippen molar-refractivity contribution >= 4 is 28.1 Å². The number of amides is 1. The Kier molecular flexibility index (Phi) is 8.12. The second-order valence-electron chi connectivity index (χ2n) is 11.9. The summed E-state index contributed by atoms with van der Waals surface area (Å²) in [4.78, 5) is 25.2. The van der Waals surface area contributed by atoms with Crippen LogP contribution in [0.5, 0.6) is 5.88 Å². The Hall–Kier alpha value is -4.30. The van der Waals surface area contributed by atoms with Gasteiger partial charge < -0.3 is 24.3 Å². The van der Waals surface area contributed by atoms with Crippen molar-refractivity contribution in [3.05, 3.63) is 71.2 Å². The van der Waals surface area contributed by atoms with Gasteiger partial charge in [0.1, 0.15) is 18.2 Å². The third-order valence-electron chi connectivity index (χ3n) is 9.17. The number of nitriles is 1. The van der Waals surface area contributed by atoms with Gasteiger partial charge >= 0.3 is 0 Å². The van der Waals surface area contributed by atoms with Gasteiger partial charge in [0.25, 0.3) is 5.91 Å². The van der Waals surface area contributed by atoms with Gasteiger partial charge in [-0.15, -0.1) is 0 Å². The van der Waals surface area contributed by atoms with Gasteiger partial charge in [-0.2, -0.15) is 5.26 Å². The number of aromatic nitrogens is 1. The third kappa shape index (κ3) is 5.43. The summed E-state index contributed by atoms with van der Waals surface area (Å²) in [6, 6.07) is 10.2. The molecule has 4 heterocycles. The van der Waals surface area contributed by atoms with E-state index in [1.165, 1.54) is 17.0 Å². The van der Waals surface area contributed by atoms with Crippen LogP contribution in [0.1, 0.15) is 36.6 Å². The first-order chi connectivity index (χ1) is 21.2. The SMILES string of the molecule is C=C(F)C(=O)N1CCN(c2c(C#N)c(OC[C@@H]3CCCN3C)nc3c2CCN(c2cccc4cc(F)c(F)cc24)C3)C[C@@H]1C. The predicted molar refractivity (Wildman–Crippen MR) is 162 cm³/mol. The molecule has 6 rings (SSSR count). The molecule has 2 aromatic carbocycles. The van der Waals surface area contributed by atoms with E-state index in [0.29, 0.717) is 55.5 Å². The van der Waals surface area contributed by atoms with Gasteiger partial charge in [0, 0.05) is 54.9 Å². The van der Waals surface area contributed by atoms with E-state index in [9.17, 15) is 23.2 Å². The number of hydrogen-bond acceptors (Lipinski definition) is 7. The summed E-state index contributed by atoms with van der Waals surface area (Å²) in [6.07, 6.45) is 2.62. The fourth-order valence-corrected chi connectivity index (χ4v) is 6.81. The van der Waals surface area contributed by atoms with Crippen molar-refractivity contribution in [1.82, 2.24) is 14.8 Å². The standard InChI is InChI=1S/C33H35F3N6O2/c1-20-17-41(12-13-42(20)33(43)21(2)34)31-24-9-11-40(30-8-4-6-22-14-27(35)28(36)15-25(22)30)18-29(24)38-32(26(31)16-37)44-19-23-7-5-10-39(23)3/h4,6,8,14-15,20,23H,2,5,7,9-13,17-19H2,1,3H3/t20-,23-/m0/s1. The van der Waals surface area contributed by atoms with Crippen LogP contribution in [0, 0.1) is 23.0 Å². The van der Waals surface area contributed by atoms with Crippen LogP contribution in [-0.4, -0.2) is 79.2 Å². The fraction of sp³-hybridized carbons (Fsp3) is 0.424. The van der Waals surface area contributed by atoms with E-state index in [2.05, 4.69) is 34.4 Å². The van der Waals surface area contributed by atoms with E-state index in [1.807, 2.05) is 19.1 Å². The highest BCUT2D eigenvalue weighted by Gasteiger charge is 2.35. The van der Waals surface area contributed by atoms with Crippen molar-refractivity contribution in [3.8, 4) is 11.9 Å². The Balaban J connectivity index is 1.38. The van der Waals surface area contributed by atoms with Crippen LogP contribution in [0.4, 0.5) is 24.5 Å². The molecule has 0 N–H and O–H groups in total. The maximum atomic E-state index is 14.3. The number of benzene rings is 2. The summed E-state index contributed by atoms with van der Waals surface area (Å²) in [5, 5.41) is 11.6. The molecule has 8 nitrogen and oxygen atoms in total. The van der Waals surface area contributed by atoms with Crippen LogP contribution in [-0.2, 0) is 17.8 Å². The number of pyridine rings is 1. The van der Waals surface area contributed by atoms with Crippen molar-refractivity contribution in [3.63, 3.8) is 0 Å². The summed E-state index contributed by atoms with van der Waals surface area (Å²) < 4.78 is 48.3. The number of carbonyl (C=O) groups is 1. The number of likely N-dealkylation sites (tertiary alicyclic amines) is 1. The normalized spacial score (nSPS) is 20.5. The second kappa shape index (κ2) is 12.0. The molecule has 3 aliphatic rings. The molecule has 44 heavy (non-hydrogen) atoms. The topological polar surface area (TPSA) is 75.9 Å². The smallest absolute Gasteiger partial charge is 0.282 e. The van der Waals surface area contributed by atoms with Crippen LogP contribution in [0.25, 0.3) is 10.8 Å². The van der Waals surface area contributed by atoms with Crippen molar-refractivity contribution in [2.75, 3.05) is 56.2 Å². The Morgan fingerprint density at radius 2 is 1.95 bits per heavy atom. The average Bonchev–Trinajstić information content (AvgIpc) is 3.43. The molecule has 2 saturated heterocycles. The number of carbonyl (C=O) groups excluding carboxylic acids is 1. The van der Waals surface area contributed by atoms with Crippen LogP contribution in [0.3, 0.4) is 0 Å². The summed E-state index contributed by atoms with van der Waals surface area (Å²) >= 11 is 0. The highest BCUT2D eigenvalue weighted by Crippen LogP contribution is 2.40. The molecule has 3 aromatic rings. The lowest BCUT2D eigenvalue weighted by Gasteiger charge is -2.42. The number of halogens is 3. The minimum Gasteiger partial charge on any atom is -0.475 e. The zero-order valence-corrected chi connectivity index (χ0v) is 25.0. The van der Waals surface area contributed by atoms with E-state index in [4.69, 9.17) is 9.72 Å². The monoisotopic (exact) mass is 604 g/mol. The first kappa shape index (κ1) is 29.8. The summed E-state index contributed by atoms with van der Waals surface area (Å²) in [5.74, 6) is -3.25. The summed E-state index contributed by atoms with van der Waals surface area (Å²) in [6.45, 7) is 8.41. The maximum Gasteiger partial charge on any atom is 0.282 e. The highest BCUT2D eigenvalue weighted by molar-refractivity contribution is 5.94. The highest BCUT2D eigenvalue weighted by atomic mass is 19.2. The fourth-order valence-electron chi connectivity index (χ4n) is 6.81. The molecular formula is C33H35F3N6O2.